The number of nitrogens with one attached hydrogen (secondary N) is 2. The van der Waals surface area contributed by atoms with E-state index in [0.29, 0.717) is 31.4 Å². The smallest absolute Gasteiger partial charge is 0.191 e. The van der Waals surface area contributed by atoms with E-state index in [4.69, 9.17) is 25.5 Å². The number of rotatable bonds is 10. The largest absolute Gasteiger partial charge is 0.493 e. The van der Waals surface area contributed by atoms with E-state index < -0.39 is 0 Å². The van der Waals surface area contributed by atoms with E-state index in [2.05, 4.69) is 15.6 Å². The lowest BCUT2D eigenvalue weighted by atomic mass is 10.2. The van der Waals surface area contributed by atoms with Gasteiger partial charge in [0.15, 0.2) is 5.96 Å². The first kappa shape index (κ1) is 20.1. The molecule has 0 aliphatic rings. The monoisotopic (exact) mass is 379 g/mol. The van der Waals surface area contributed by atoms with Crippen molar-refractivity contribution < 1.29 is 13.9 Å². The molecule has 2 N–H and O–H groups in total. The first-order valence-electron chi connectivity index (χ1n) is 8.68. The van der Waals surface area contributed by atoms with Crippen molar-refractivity contribution in [1.29, 1.82) is 0 Å². The molecule has 0 bridgehead atoms. The molecule has 0 radical (unpaired) electrons. The minimum Gasteiger partial charge on any atom is -0.493 e. The average Bonchev–Trinajstić information content (AvgIpc) is 3.15. The van der Waals surface area contributed by atoms with Crippen molar-refractivity contribution in [3.63, 3.8) is 0 Å². The van der Waals surface area contributed by atoms with Crippen LogP contribution in [0.25, 0.3) is 0 Å². The van der Waals surface area contributed by atoms with Crippen LogP contribution in [0.2, 0.25) is 5.02 Å². The van der Waals surface area contributed by atoms with Gasteiger partial charge in [-0.3, -0.25) is 4.99 Å². The third-order valence-corrected chi connectivity index (χ3v) is 3.82. The van der Waals surface area contributed by atoms with Crippen molar-refractivity contribution >= 4 is 17.6 Å². The molecule has 0 unspecified atom stereocenters. The maximum absolute atomic E-state index is 6.03. The molecule has 0 spiro atoms. The van der Waals surface area contributed by atoms with Crippen LogP contribution >= 0.6 is 11.6 Å². The molecular formula is C19H26ClN3O3. The maximum atomic E-state index is 6.03. The summed E-state index contributed by atoms with van der Waals surface area (Å²) in [6.45, 7) is 5.05. The predicted octanol–water partition coefficient (Wildman–Crippen LogP) is 3.60. The molecule has 0 atom stereocenters. The van der Waals surface area contributed by atoms with Gasteiger partial charge < -0.3 is 24.5 Å². The van der Waals surface area contributed by atoms with Crippen LogP contribution in [0.5, 0.6) is 5.75 Å². The number of hydrogen-bond acceptors (Lipinski definition) is 4. The van der Waals surface area contributed by atoms with Crippen LogP contribution in [0.1, 0.15) is 24.7 Å². The van der Waals surface area contributed by atoms with Gasteiger partial charge in [-0.05, 0) is 37.6 Å². The minimum absolute atomic E-state index is 0.497. The highest BCUT2D eigenvalue weighted by molar-refractivity contribution is 6.30. The van der Waals surface area contributed by atoms with Crippen molar-refractivity contribution in [1.82, 2.24) is 10.6 Å². The average molecular weight is 380 g/mol. The van der Waals surface area contributed by atoms with E-state index in [1.807, 2.05) is 37.3 Å². The molecule has 7 heteroatoms. The summed E-state index contributed by atoms with van der Waals surface area (Å²) >= 11 is 6.03. The van der Waals surface area contributed by atoms with Gasteiger partial charge in [-0.15, -0.1) is 0 Å². The molecule has 1 heterocycles. The van der Waals surface area contributed by atoms with Crippen molar-refractivity contribution in [2.24, 2.45) is 4.99 Å². The van der Waals surface area contributed by atoms with E-state index in [1.54, 1.807) is 13.3 Å². The Morgan fingerprint density at radius 3 is 2.88 bits per heavy atom. The molecule has 0 saturated heterocycles. The van der Waals surface area contributed by atoms with E-state index in [0.717, 1.165) is 36.0 Å². The second kappa shape index (κ2) is 11.4. The molecule has 2 rings (SSSR count). The molecule has 0 fully saturated rings. The molecular weight excluding hydrogens is 354 g/mol. The van der Waals surface area contributed by atoms with Crippen molar-refractivity contribution in [3.05, 3.63) is 52.9 Å². The number of guanidine groups is 1. The normalized spacial score (nSPS) is 11.4. The second-order valence-corrected chi connectivity index (χ2v) is 5.96. The molecule has 0 aliphatic heterocycles. The Labute approximate surface area is 159 Å². The minimum atomic E-state index is 0.497. The molecule has 1 aromatic heterocycles. The zero-order chi connectivity index (χ0) is 18.6. The molecule has 1 aromatic carbocycles. The van der Waals surface area contributed by atoms with Crippen LogP contribution < -0.4 is 15.4 Å². The zero-order valence-electron chi connectivity index (χ0n) is 15.3. The molecule has 26 heavy (non-hydrogen) atoms. The van der Waals surface area contributed by atoms with Gasteiger partial charge in [0.05, 0.1) is 12.9 Å². The molecule has 0 amide bonds. The Morgan fingerprint density at radius 2 is 2.15 bits per heavy atom. The van der Waals surface area contributed by atoms with Gasteiger partial charge in [-0.1, -0.05) is 17.7 Å². The van der Waals surface area contributed by atoms with Gasteiger partial charge in [-0.2, -0.15) is 0 Å². The topological polar surface area (TPSA) is 68.0 Å². The summed E-state index contributed by atoms with van der Waals surface area (Å²) in [5.41, 5.74) is 1.03. The third kappa shape index (κ3) is 6.98. The molecule has 0 aliphatic carbocycles. The standard InChI is InChI=1S/C19H26ClN3O3/c1-3-25-18-12-16(20)8-7-15(18)13-23-19(21-2)22-9-5-10-24-14-17-6-4-11-26-17/h4,6-8,11-12H,3,5,9-10,13-14H2,1-2H3,(H2,21,22,23). The molecule has 142 valence electrons. The maximum Gasteiger partial charge on any atom is 0.191 e. The van der Waals surface area contributed by atoms with E-state index >= 15 is 0 Å². The summed E-state index contributed by atoms with van der Waals surface area (Å²) in [4.78, 5) is 4.23. The Morgan fingerprint density at radius 1 is 1.27 bits per heavy atom. The van der Waals surface area contributed by atoms with Gasteiger partial charge in [0.1, 0.15) is 18.1 Å². The number of halogens is 1. The zero-order valence-corrected chi connectivity index (χ0v) is 16.0. The summed E-state index contributed by atoms with van der Waals surface area (Å²) in [7, 11) is 1.74. The predicted molar refractivity (Wildman–Crippen MR) is 104 cm³/mol. The van der Waals surface area contributed by atoms with E-state index in [1.165, 1.54) is 0 Å². The third-order valence-electron chi connectivity index (χ3n) is 3.58. The summed E-state index contributed by atoms with van der Waals surface area (Å²) in [6, 6.07) is 9.39. The van der Waals surface area contributed by atoms with Crippen LogP contribution in [-0.4, -0.2) is 32.8 Å². The highest BCUT2D eigenvalue weighted by Gasteiger charge is 2.06. The quantitative estimate of drug-likeness (QED) is 0.375. The number of benzene rings is 1. The fourth-order valence-corrected chi connectivity index (χ4v) is 2.47. The first-order chi connectivity index (χ1) is 12.7. The van der Waals surface area contributed by atoms with Crippen molar-refractivity contribution in [3.8, 4) is 5.75 Å². The first-order valence-corrected chi connectivity index (χ1v) is 9.06. The van der Waals surface area contributed by atoms with Gasteiger partial charge in [-0.25, -0.2) is 0 Å². The number of hydrogen-bond donors (Lipinski definition) is 2. The van der Waals surface area contributed by atoms with Crippen LogP contribution in [-0.2, 0) is 17.9 Å². The van der Waals surface area contributed by atoms with Gasteiger partial charge in [0, 0.05) is 37.3 Å². The Kier molecular flexibility index (Phi) is 8.86. The van der Waals surface area contributed by atoms with Crippen LogP contribution in [0.15, 0.2) is 46.0 Å². The van der Waals surface area contributed by atoms with Gasteiger partial charge >= 0.3 is 0 Å². The van der Waals surface area contributed by atoms with Crippen LogP contribution in [0.3, 0.4) is 0 Å². The molecule has 0 saturated carbocycles. The number of nitrogens with zero attached hydrogens (tertiary/aromatic N) is 1. The van der Waals surface area contributed by atoms with Gasteiger partial charge in [0.2, 0.25) is 0 Å². The number of ether oxygens (including phenoxy) is 2. The fraction of sp³-hybridized carbons (Fsp3) is 0.421. The van der Waals surface area contributed by atoms with Crippen molar-refractivity contribution in [2.45, 2.75) is 26.5 Å². The Balaban J connectivity index is 1.67. The van der Waals surface area contributed by atoms with Gasteiger partial charge in [0.25, 0.3) is 0 Å². The summed E-state index contributed by atoms with van der Waals surface area (Å²) < 4.78 is 16.4. The Hall–Kier alpha value is -2.18. The van der Waals surface area contributed by atoms with Crippen LogP contribution in [0, 0.1) is 0 Å². The molecule has 6 nitrogen and oxygen atoms in total. The highest BCUT2D eigenvalue weighted by atomic mass is 35.5. The SMILES string of the molecule is CCOc1cc(Cl)ccc1CNC(=NC)NCCCOCc1ccco1. The Bertz CT molecular complexity index is 675. The lowest BCUT2D eigenvalue weighted by Crippen LogP contribution is -2.37. The lowest BCUT2D eigenvalue weighted by Gasteiger charge is -2.14. The van der Waals surface area contributed by atoms with Crippen molar-refractivity contribution in [2.75, 3.05) is 26.8 Å². The number of aliphatic imine (C=N–C) groups is 1. The van der Waals surface area contributed by atoms with E-state index in [9.17, 15) is 0 Å². The lowest BCUT2D eigenvalue weighted by molar-refractivity contribution is 0.105. The number of furan rings is 1. The summed E-state index contributed by atoms with van der Waals surface area (Å²) in [5, 5.41) is 7.20. The summed E-state index contributed by atoms with van der Waals surface area (Å²) in [5.74, 6) is 2.35. The summed E-state index contributed by atoms with van der Waals surface area (Å²) in [6.07, 6.45) is 2.51. The van der Waals surface area contributed by atoms with Crippen LogP contribution in [0.4, 0.5) is 0 Å². The highest BCUT2D eigenvalue weighted by Crippen LogP contribution is 2.23. The fourth-order valence-electron chi connectivity index (χ4n) is 2.31. The second-order valence-electron chi connectivity index (χ2n) is 5.52. The molecule has 2 aromatic rings. The van der Waals surface area contributed by atoms with E-state index in [-0.39, 0.29) is 0 Å².